The monoisotopic (exact) mass is 397 g/mol. The van der Waals surface area contributed by atoms with E-state index in [1.807, 2.05) is 6.92 Å². The van der Waals surface area contributed by atoms with E-state index in [-0.39, 0.29) is 5.69 Å². The third kappa shape index (κ3) is 3.89. The molecule has 0 amide bonds. The number of fused-ring (bicyclic) bond motifs is 1. The van der Waals surface area contributed by atoms with Gasteiger partial charge in [0.2, 0.25) is 0 Å². The average Bonchev–Trinajstić information content (AvgIpc) is 2.70. The molecule has 0 saturated heterocycles. The molecule has 7 heteroatoms. The van der Waals surface area contributed by atoms with E-state index in [4.69, 9.17) is 0 Å². The Hall–Kier alpha value is -3.48. The van der Waals surface area contributed by atoms with Crippen molar-refractivity contribution in [1.29, 1.82) is 0 Å². The van der Waals surface area contributed by atoms with Crippen molar-refractivity contribution in [3.63, 3.8) is 0 Å². The van der Waals surface area contributed by atoms with Gasteiger partial charge in [-0.2, -0.15) is 13.2 Å². The SMILES string of the molecule is Cc1cc2c(Nc3cc(-c4ccc(C(F)(F)F)cc4)ccn3)c(F)ccc2cn1. The summed E-state index contributed by atoms with van der Waals surface area (Å²) < 4.78 is 52.8. The van der Waals surface area contributed by atoms with Crippen molar-refractivity contribution in [3.05, 3.63) is 84.1 Å². The predicted molar refractivity (Wildman–Crippen MR) is 104 cm³/mol. The van der Waals surface area contributed by atoms with Gasteiger partial charge in [-0.05, 0) is 60.5 Å². The molecule has 29 heavy (non-hydrogen) atoms. The number of nitrogens with zero attached hydrogens (tertiary/aromatic N) is 2. The molecule has 0 bridgehead atoms. The average molecular weight is 397 g/mol. The largest absolute Gasteiger partial charge is 0.416 e. The van der Waals surface area contributed by atoms with Gasteiger partial charge in [0.25, 0.3) is 0 Å². The number of benzene rings is 2. The van der Waals surface area contributed by atoms with Crippen molar-refractivity contribution in [2.24, 2.45) is 0 Å². The van der Waals surface area contributed by atoms with Crippen molar-refractivity contribution in [2.45, 2.75) is 13.1 Å². The summed E-state index contributed by atoms with van der Waals surface area (Å²) in [6, 6.07) is 13.0. The zero-order chi connectivity index (χ0) is 20.6. The summed E-state index contributed by atoms with van der Waals surface area (Å²) >= 11 is 0. The van der Waals surface area contributed by atoms with E-state index in [1.165, 1.54) is 24.4 Å². The number of alkyl halides is 3. The van der Waals surface area contributed by atoms with Gasteiger partial charge in [-0.1, -0.05) is 12.1 Å². The number of rotatable bonds is 3. The van der Waals surface area contributed by atoms with Crippen LogP contribution >= 0.6 is 0 Å². The van der Waals surface area contributed by atoms with Crippen LogP contribution in [0.15, 0.2) is 67.0 Å². The third-order valence-corrected chi connectivity index (χ3v) is 4.55. The van der Waals surface area contributed by atoms with E-state index in [0.29, 0.717) is 22.3 Å². The van der Waals surface area contributed by atoms with Gasteiger partial charge in [-0.3, -0.25) is 4.98 Å². The number of aromatic nitrogens is 2. The molecule has 2 aromatic heterocycles. The Morgan fingerprint density at radius 3 is 2.34 bits per heavy atom. The third-order valence-electron chi connectivity index (χ3n) is 4.55. The molecule has 2 heterocycles. The molecule has 4 aromatic rings. The Morgan fingerprint density at radius 2 is 1.62 bits per heavy atom. The molecular weight excluding hydrogens is 382 g/mol. The van der Waals surface area contributed by atoms with Crippen molar-refractivity contribution < 1.29 is 17.6 Å². The minimum atomic E-state index is -4.39. The summed E-state index contributed by atoms with van der Waals surface area (Å²) in [5.41, 5.74) is 1.56. The second kappa shape index (κ2) is 7.16. The van der Waals surface area contributed by atoms with Crippen LogP contribution in [0.3, 0.4) is 0 Å². The maximum Gasteiger partial charge on any atom is 0.416 e. The molecule has 1 N–H and O–H groups in total. The first-order valence-corrected chi connectivity index (χ1v) is 8.77. The first-order valence-electron chi connectivity index (χ1n) is 8.77. The topological polar surface area (TPSA) is 37.8 Å². The molecule has 3 nitrogen and oxygen atoms in total. The highest BCUT2D eigenvalue weighted by atomic mass is 19.4. The molecule has 0 aliphatic rings. The lowest BCUT2D eigenvalue weighted by Gasteiger charge is -2.12. The van der Waals surface area contributed by atoms with Gasteiger partial charge in [-0.15, -0.1) is 0 Å². The predicted octanol–water partition coefficient (Wildman–Crippen LogP) is 6.51. The minimum Gasteiger partial charge on any atom is -0.337 e. The Kier molecular flexibility index (Phi) is 4.66. The number of nitrogens with one attached hydrogen (secondary N) is 1. The second-order valence-electron chi connectivity index (χ2n) is 6.60. The van der Waals surface area contributed by atoms with Crippen molar-refractivity contribution >= 4 is 22.3 Å². The Labute approximate surface area is 164 Å². The van der Waals surface area contributed by atoms with Crippen molar-refractivity contribution in [3.8, 4) is 11.1 Å². The van der Waals surface area contributed by atoms with Crippen LogP contribution in [0, 0.1) is 12.7 Å². The highest BCUT2D eigenvalue weighted by molar-refractivity contribution is 5.95. The van der Waals surface area contributed by atoms with E-state index in [9.17, 15) is 17.6 Å². The van der Waals surface area contributed by atoms with E-state index in [0.717, 1.165) is 23.2 Å². The Balaban J connectivity index is 1.69. The summed E-state index contributed by atoms with van der Waals surface area (Å²) in [6.07, 6.45) is -1.20. The van der Waals surface area contributed by atoms with E-state index in [1.54, 1.807) is 30.5 Å². The molecule has 2 aromatic carbocycles. The van der Waals surface area contributed by atoms with Gasteiger partial charge >= 0.3 is 6.18 Å². The molecule has 4 rings (SSSR count). The van der Waals surface area contributed by atoms with Gasteiger partial charge in [0.05, 0.1) is 11.3 Å². The minimum absolute atomic E-state index is 0.269. The fraction of sp³-hybridized carbons (Fsp3) is 0.0909. The fourth-order valence-corrected chi connectivity index (χ4v) is 3.08. The lowest BCUT2D eigenvalue weighted by molar-refractivity contribution is -0.137. The maximum atomic E-state index is 14.5. The van der Waals surface area contributed by atoms with E-state index in [2.05, 4.69) is 15.3 Å². The first kappa shape index (κ1) is 18.9. The van der Waals surface area contributed by atoms with Crippen molar-refractivity contribution in [1.82, 2.24) is 9.97 Å². The number of hydrogen-bond acceptors (Lipinski definition) is 3. The highest BCUT2D eigenvalue weighted by Crippen LogP contribution is 2.33. The summed E-state index contributed by atoms with van der Waals surface area (Å²) in [5, 5.41) is 4.44. The molecule has 0 unspecified atom stereocenters. The van der Waals surface area contributed by atoms with Gasteiger partial charge < -0.3 is 5.32 Å². The highest BCUT2D eigenvalue weighted by Gasteiger charge is 2.29. The van der Waals surface area contributed by atoms with Crippen LogP contribution in [0.4, 0.5) is 29.1 Å². The van der Waals surface area contributed by atoms with Gasteiger partial charge in [0, 0.05) is 28.9 Å². The van der Waals surface area contributed by atoms with Gasteiger partial charge in [0.15, 0.2) is 0 Å². The molecule has 0 fully saturated rings. The van der Waals surface area contributed by atoms with E-state index >= 15 is 0 Å². The van der Waals surface area contributed by atoms with Crippen LogP contribution in [-0.4, -0.2) is 9.97 Å². The Bertz CT molecular complexity index is 1180. The van der Waals surface area contributed by atoms with Crippen LogP contribution in [0.5, 0.6) is 0 Å². The summed E-state index contributed by atoms with van der Waals surface area (Å²) in [4.78, 5) is 8.43. The van der Waals surface area contributed by atoms with Crippen LogP contribution in [0.1, 0.15) is 11.3 Å². The summed E-state index contributed by atoms with van der Waals surface area (Å²) in [7, 11) is 0. The summed E-state index contributed by atoms with van der Waals surface area (Å²) in [6.45, 7) is 1.82. The molecule has 0 aliphatic carbocycles. The lowest BCUT2D eigenvalue weighted by Crippen LogP contribution is -2.04. The molecule has 0 radical (unpaired) electrons. The summed E-state index contributed by atoms with van der Waals surface area (Å²) in [5.74, 6) is -0.0619. The quantitative estimate of drug-likeness (QED) is 0.401. The normalized spacial score (nSPS) is 11.6. The van der Waals surface area contributed by atoms with Crippen molar-refractivity contribution in [2.75, 3.05) is 5.32 Å². The maximum absolute atomic E-state index is 14.5. The standard InChI is InChI=1S/C22H15F4N3/c1-13-10-18-16(12-28-13)4-7-19(23)21(18)29-20-11-15(8-9-27-20)14-2-5-17(6-3-14)22(24,25)26/h2-12H,1H3,(H,27,29). The van der Waals surface area contributed by atoms with Crippen LogP contribution in [0.2, 0.25) is 0 Å². The van der Waals surface area contributed by atoms with Crippen LogP contribution in [-0.2, 0) is 6.18 Å². The number of pyridine rings is 2. The van der Waals surface area contributed by atoms with Gasteiger partial charge in [0.1, 0.15) is 11.6 Å². The molecule has 0 saturated carbocycles. The Morgan fingerprint density at radius 1 is 0.862 bits per heavy atom. The number of hydrogen-bond donors (Lipinski definition) is 1. The zero-order valence-corrected chi connectivity index (χ0v) is 15.3. The molecule has 0 atom stereocenters. The fourth-order valence-electron chi connectivity index (χ4n) is 3.08. The number of halogens is 4. The zero-order valence-electron chi connectivity index (χ0n) is 15.3. The van der Waals surface area contributed by atoms with E-state index < -0.39 is 17.6 Å². The number of anilines is 2. The smallest absolute Gasteiger partial charge is 0.337 e. The lowest BCUT2D eigenvalue weighted by atomic mass is 10.0. The second-order valence-corrected chi connectivity index (χ2v) is 6.60. The van der Waals surface area contributed by atoms with Crippen LogP contribution in [0.25, 0.3) is 21.9 Å². The molecular formula is C22H15F4N3. The molecule has 0 spiro atoms. The molecule has 146 valence electrons. The van der Waals surface area contributed by atoms with Crippen LogP contribution < -0.4 is 5.32 Å². The van der Waals surface area contributed by atoms with Gasteiger partial charge in [-0.25, -0.2) is 9.37 Å². The number of aryl methyl sites for hydroxylation is 1. The first-order chi connectivity index (χ1) is 13.8. The molecule has 0 aliphatic heterocycles.